The van der Waals surface area contributed by atoms with E-state index in [9.17, 15) is 5.11 Å². The number of pyridine rings is 1. The molecule has 11 aromatic rings. The van der Waals surface area contributed by atoms with Crippen molar-refractivity contribution >= 4 is 32.8 Å². The van der Waals surface area contributed by atoms with Crippen molar-refractivity contribution in [2.75, 3.05) is 0 Å². The third-order valence-corrected chi connectivity index (χ3v) is 11.4. The zero-order chi connectivity index (χ0) is 46.0. The minimum atomic E-state index is -2.35. The summed E-state index contributed by atoms with van der Waals surface area (Å²) in [4.78, 5) is 10.3. The van der Waals surface area contributed by atoms with Gasteiger partial charge >= 0.3 is 0 Å². The van der Waals surface area contributed by atoms with Crippen LogP contribution in [0.1, 0.15) is 19.4 Å². The van der Waals surface area contributed by atoms with Gasteiger partial charge in [0.2, 0.25) is 0 Å². The maximum Gasteiger partial charge on any atom is 0.148 e. The molecule has 62 heavy (non-hydrogen) atoms. The van der Waals surface area contributed by atoms with Gasteiger partial charge < -0.3 is 9.67 Å². The molecule has 0 unspecified atom stereocenters. The Kier molecular flexibility index (Phi) is 8.34. The molecular weight excluding hydrogens is 940 g/mol. The topological polar surface area (TPSA) is 55.9 Å². The zero-order valence-electron chi connectivity index (χ0n) is 39.0. The standard InChI is InChI=1S/C56H39N4O.Pt/c1-36-24-27-38(28-25-36)40-30-31-57-48(34-40)41-33-47(54-44-18-9-11-21-49(44)59(52(54)35-41)42-16-7-4-8-17-42)43-20-13-22-51-55(43)58-56(45-19-10-12-23-53(45)61)60(51)50-29-26-37(2)32-46(50)39-14-5-3-6-15-39;/h3-32,34-35,61H,1-2H3;/q-1;/i1D3,2D3;. The second kappa shape index (κ2) is 15.9. The first-order valence-corrected chi connectivity index (χ1v) is 20.1. The van der Waals surface area contributed by atoms with E-state index in [-0.39, 0.29) is 37.9 Å². The fourth-order valence-corrected chi connectivity index (χ4v) is 8.61. The molecule has 0 radical (unpaired) electrons. The van der Waals surface area contributed by atoms with Crippen LogP contribution in [0.25, 0.3) is 100 Å². The van der Waals surface area contributed by atoms with E-state index < -0.39 is 13.7 Å². The number of imidazole rings is 1. The molecule has 8 aromatic carbocycles. The van der Waals surface area contributed by atoms with Crippen molar-refractivity contribution < 1.29 is 34.4 Å². The van der Waals surface area contributed by atoms with Crippen molar-refractivity contribution in [2.24, 2.45) is 0 Å². The molecule has 300 valence electrons. The quantitative estimate of drug-likeness (QED) is 0.162. The van der Waals surface area contributed by atoms with Gasteiger partial charge in [-0.15, -0.1) is 11.6 Å². The van der Waals surface area contributed by atoms with E-state index in [1.54, 1.807) is 42.6 Å². The first-order valence-electron chi connectivity index (χ1n) is 23.1. The predicted octanol–water partition coefficient (Wildman–Crippen LogP) is 14.0. The number of phenols is 1. The minimum absolute atomic E-state index is 0. The number of aryl methyl sites for hydroxylation is 2. The number of fused-ring (bicyclic) bond motifs is 4. The first kappa shape index (κ1) is 32.4. The summed E-state index contributed by atoms with van der Waals surface area (Å²) in [6, 6.07) is 63.4. The summed E-state index contributed by atoms with van der Waals surface area (Å²) in [5.74, 6) is 0.513. The van der Waals surface area contributed by atoms with Crippen molar-refractivity contribution in [1.29, 1.82) is 0 Å². The molecule has 3 aromatic heterocycles. The molecule has 0 aliphatic heterocycles. The van der Waals surface area contributed by atoms with Gasteiger partial charge in [0, 0.05) is 57.9 Å². The number of nitrogens with zero attached hydrogens (tertiary/aromatic N) is 4. The summed E-state index contributed by atoms with van der Waals surface area (Å²) < 4.78 is 52.9. The number of benzene rings is 8. The van der Waals surface area contributed by atoms with Crippen LogP contribution in [-0.2, 0) is 21.1 Å². The Bertz CT molecular complexity index is 3680. The normalized spacial score (nSPS) is 13.2. The molecule has 0 bridgehead atoms. The molecule has 1 N–H and O–H groups in total. The smallest absolute Gasteiger partial charge is 0.148 e. The summed E-state index contributed by atoms with van der Waals surface area (Å²) in [6.45, 7) is -4.56. The van der Waals surface area contributed by atoms with Gasteiger partial charge in [0.05, 0.1) is 22.3 Å². The van der Waals surface area contributed by atoms with E-state index >= 15 is 0 Å². The van der Waals surface area contributed by atoms with E-state index in [1.165, 1.54) is 0 Å². The molecule has 0 amide bonds. The Morgan fingerprint density at radius 3 is 2.06 bits per heavy atom. The van der Waals surface area contributed by atoms with Crippen LogP contribution in [-0.4, -0.2) is 24.2 Å². The third kappa shape index (κ3) is 6.63. The Morgan fingerprint density at radius 2 is 1.26 bits per heavy atom. The van der Waals surface area contributed by atoms with Crippen LogP contribution in [0.3, 0.4) is 0 Å². The minimum Gasteiger partial charge on any atom is -0.507 e. The zero-order valence-corrected chi connectivity index (χ0v) is 35.3. The second-order valence-electron chi connectivity index (χ2n) is 15.1. The molecular formula is C56H39N4OPt-. The number of aromatic nitrogens is 4. The number of rotatable bonds is 7. The maximum atomic E-state index is 11.5. The van der Waals surface area contributed by atoms with Gasteiger partial charge in [-0.2, -0.15) is 0 Å². The number of phenolic OH excluding ortho intramolecular Hbond substituents is 1. The third-order valence-electron chi connectivity index (χ3n) is 11.4. The molecule has 0 atom stereocenters. The number of aromatic hydroxyl groups is 1. The van der Waals surface area contributed by atoms with Gasteiger partial charge in [0.25, 0.3) is 0 Å². The molecule has 0 aliphatic rings. The molecule has 6 heteroatoms. The molecule has 3 heterocycles. The van der Waals surface area contributed by atoms with E-state index in [1.807, 2.05) is 126 Å². The van der Waals surface area contributed by atoms with Crippen LogP contribution >= 0.6 is 0 Å². The number of para-hydroxylation sites is 4. The van der Waals surface area contributed by atoms with E-state index in [0.717, 1.165) is 66.4 Å². The fourth-order valence-electron chi connectivity index (χ4n) is 8.61. The van der Waals surface area contributed by atoms with Crippen molar-refractivity contribution in [3.63, 3.8) is 0 Å². The molecule has 0 aliphatic carbocycles. The van der Waals surface area contributed by atoms with Crippen molar-refractivity contribution in [3.8, 4) is 73.2 Å². The SMILES string of the molecule is [2H]C([2H])([2H])c1ccc(-c2ccnc(-c3[c-]c(-c4cccc5c4nc(-c4ccccc4O)n5-c4ccc(C([2H])([2H])[2H])cc4-c4ccccc4)c4c5ccccc5n(-c5ccccc5)c4c3)c2)cc1.[Pt]. The number of hydrogen-bond donors (Lipinski definition) is 1. The van der Waals surface area contributed by atoms with Gasteiger partial charge in [-0.1, -0.05) is 161 Å². The molecule has 11 rings (SSSR count). The van der Waals surface area contributed by atoms with Crippen molar-refractivity contribution in [3.05, 3.63) is 211 Å². The Morgan fingerprint density at radius 1 is 0.548 bits per heavy atom. The average Bonchev–Trinajstić information content (AvgIpc) is 3.90. The summed E-state index contributed by atoms with van der Waals surface area (Å²) in [5.41, 5.74) is 12.1. The van der Waals surface area contributed by atoms with Crippen molar-refractivity contribution in [2.45, 2.75) is 13.7 Å². The Hall–Kier alpha value is -7.33. The Labute approximate surface area is 382 Å². The summed E-state index contributed by atoms with van der Waals surface area (Å²) >= 11 is 0. The fraction of sp³-hybridized carbons (Fsp3) is 0.0357. The maximum absolute atomic E-state index is 11.5. The van der Waals surface area contributed by atoms with Crippen LogP contribution in [0, 0.1) is 19.8 Å². The average molecular weight is 985 g/mol. The largest absolute Gasteiger partial charge is 0.507 e. The van der Waals surface area contributed by atoms with Crippen LogP contribution in [0.4, 0.5) is 0 Å². The molecule has 0 spiro atoms. The molecule has 0 fully saturated rings. The van der Waals surface area contributed by atoms with Crippen LogP contribution in [0.2, 0.25) is 0 Å². The van der Waals surface area contributed by atoms with Crippen LogP contribution < -0.4 is 0 Å². The van der Waals surface area contributed by atoms with Crippen LogP contribution in [0.5, 0.6) is 5.75 Å². The monoisotopic (exact) mass is 984 g/mol. The van der Waals surface area contributed by atoms with Gasteiger partial charge in [0.1, 0.15) is 11.6 Å². The molecule has 0 saturated carbocycles. The first-order chi connectivity index (χ1) is 32.4. The van der Waals surface area contributed by atoms with Crippen molar-refractivity contribution in [1.82, 2.24) is 19.1 Å². The molecule has 0 saturated heterocycles. The predicted molar refractivity (Wildman–Crippen MR) is 250 cm³/mol. The molecule has 5 nitrogen and oxygen atoms in total. The van der Waals surface area contributed by atoms with Gasteiger partial charge in [0.15, 0.2) is 0 Å². The van der Waals surface area contributed by atoms with E-state index in [2.05, 4.69) is 41.0 Å². The summed E-state index contributed by atoms with van der Waals surface area (Å²) in [6.07, 6.45) is 1.76. The number of hydrogen-bond acceptors (Lipinski definition) is 3. The van der Waals surface area contributed by atoms with E-state index in [0.29, 0.717) is 33.8 Å². The van der Waals surface area contributed by atoms with Crippen LogP contribution in [0.15, 0.2) is 194 Å². The van der Waals surface area contributed by atoms with Gasteiger partial charge in [-0.25, -0.2) is 4.98 Å². The summed E-state index contributed by atoms with van der Waals surface area (Å²) in [5, 5.41) is 13.5. The van der Waals surface area contributed by atoms with Gasteiger partial charge in [-0.3, -0.25) is 9.55 Å². The summed E-state index contributed by atoms with van der Waals surface area (Å²) in [7, 11) is 0. The Balaban J connectivity index is 0.00000539. The van der Waals surface area contributed by atoms with E-state index in [4.69, 9.17) is 18.2 Å². The van der Waals surface area contributed by atoms with Gasteiger partial charge in [-0.05, 0) is 95.9 Å². The second-order valence-corrected chi connectivity index (χ2v) is 15.1.